The first-order valence-electron chi connectivity index (χ1n) is 14.7. The monoisotopic (exact) mass is 534 g/mol. The molecule has 1 aliphatic heterocycles. The van der Waals surface area contributed by atoms with Gasteiger partial charge < -0.3 is 29.9 Å². The van der Waals surface area contributed by atoms with Crippen molar-refractivity contribution in [3.63, 3.8) is 0 Å². The highest BCUT2D eigenvalue weighted by molar-refractivity contribution is 6.05. The topological polar surface area (TPSA) is 137 Å². The van der Waals surface area contributed by atoms with Gasteiger partial charge in [0.25, 0.3) is 0 Å². The first-order valence-corrected chi connectivity index (χ1v) is 14.7. The molecule has 0 spiro atoms. The third-order valence-corrected chi connectivity index (χ3v) is 11.2. The Bertz CT molecular complexity index is 1020. The molecule has 1 heterocycles. The van der Waals surface area contributed by atoms with Gasteiger partial charge in [-0.1, -0.05) is 72.3 Å². The molecule has 4 aliphatic carbocycles. The number of aliphatic hydroxyl groups is 4. The van der Waals surface area contributed by atoms with E-state index in [1.54, 1.807) is 13.0 Å². The van der Waals surface area contributed by atoms with Crippen LogP contribution in [0, 0.1) is 29.1 Å². The molecule has 5 rings (SSSR count). The molecule has 0 bridgehead atoms. The first kappa shape index (κ1) is 28.2. The molecule has 5 aliphatic rings. The average molecular weight is 535 g/mol. The molecule has 4 N–H and O–H groups in total. The summed E-state index contributed by atoms with van der Waals surface area (Å²) in [6.07, 6.45) is 7.57. The van der Waals surface area contributed by atoms with E-state index in [1.165, 1.54) is 25.7 Å². The van der Waals surface area contributed by atoms with E-state index < -0.39 is 70.2 Å². The third-order valence-electron chi connectivity index (χ3n) is 11.2. The third kappa shape index (κ3) is 3.46. The Hall–Kier alpha value is -1.32. The van der Waals surface area contributed by atoms with Crippen LogP contribution in [0.15, 0.2) is 11.6 Å². The van der Waals surface area contributed by atoms with E-state index in [2.05, 4.69) is 6.92 Å². The van der Waals surface area contributed by atoms with E-state index >= 15 is 0 Å². The van der Waals surface area contributed by atoms with Crippen LogP contribution in [0.25, 0.3) is 0 Å². The number of ether oxygens (including phenoxy) is 2. The Morgan fingerprint density at radius 3 is 2.39 bits per heavy atom. The maximum absolute atomic E-state index is 13.2. The molecule has 214 valence electrons. The molecule has 1 saturated heterocycles. The van der Waals surface area contributed by atoms with E-state index in [-0.39, 0.29) is 17.5 Å². The molecular formula is C30H46O8. The van der Waals surface area contributed by atoms with E-state index in [0.29, 0.717) is 12.8 Å². The van der Waals surface area contributed by atoms with E-state index in [0.717, 1.165) is 19.3 Å². The highest BCUT2D eigenvalue weighted by Crippen LogP contribution is 2.79. The lowest BCUT2D eigenvalue weighted by Crippen LogP contribution is -2.65. The molecule has 0 amide bonds. The second-order valence-electron chi connectivity index (χ2n) is 13.5. The summed E-state index contributed by atoms with van der Waals surface area (Å²) in [5.41, 5.74) is -6.49. The lowest BCUT2D eigenvalue weighted by atomic mass is 9.59. The lowest BCUT2D eigenvalue weighted by Gasteiger charge is -2.51. The first-order chi connectivity index (χ1) is 17.8. The SMILES string of the molecule is CCCCCCCCCC(=O)OC12CC(C)C3(O)C(C4OC4(CO)C(O)C4(O)C(=O)C(C)=CC43)C1C2(C)C. The molecule has 3 saturated carbocycles. The van der Waals surface area contributed by atoms with Gasteiger partial charge in [0.05, 0.1) is 18.3 Å². The summed E-state index contributed by atoms with van der Waals surface area (Å²) >= 11 is 0. The highest BCUT2D eigenvalue weighted by atomic mass is 16.6. The van der Waals surface area contributed by atoms with Crippen LogP contribution in [-0.2, 0) is 19.1 Å². The number of carbonyl (C=O) groups is 2. The zero-order valence-electron chi connectivity index (χ0n) is 23.5. The quantitative estimate of drug-likeness (QED) is 0.191. The van der Waals surface area contributed by atoms with Gasteiger partial charge >= 0.3 is 5.97 Å². The van der Waals surface area contributed by atoms with Crippen LogP contribution in [0.2, 0.25) is 0 Å². The van der Waals surface area contributed by atoms with Crippen molar-refractivity contribution in [2.45, 2.75) is 127 Å². The van der Waals surface area contributed by atoms with Crippen molar-refractivity contribution in [3.05, 3.63) is 11.6 Å². The Labute approximate surface area is 225 Å². The molecule has 0 aromatic carbocycles. The standard InChI is InChI=1S/C30H46O8/c1-6-7-8-9-10-11-12-13-20(32)37-28-15-18(3)29(35)19-14-17(2)23(33)30(19,36)25(34)27(16-31)24(38-27)21(29)22(28)26(28,4)5/h14,18-19,21-22,24-25,31,34-36H,6-13,15-16H2,1-5H3. The second kappa shape index (κ2) is 9.10. The summed E-state index contributed by atoms with van der Waals surface area (Å²) in [6.45, 7) is 9.07. The summed E-state index contributed by atoms with van der Waals surface area (Å²) < 4.78 is 12.3. The van der Waals surface area contributed by atoms with Crippen molar-refractivity contribution in [2.24, 2.45) is 29.1 Å². The number of epoxide rings is 1. The highest BCUT2D eigenvalue weighted by Gasteiger charge is 2.90. The van der Waals surface area contributed by atoms with Crippen LogP contribution in [0.3, 0.4) is 0 Å². The fourth-order valence-electron chi connectivity index (χ4n) is 8.92. The summed E-state index contributed by atoms with van der Waals surface area (Å²) in [7, 11) is 0. The van der Waals surface area contributed by atoms with E-state index in [9.17, 15) is 30.0 Å². The van der Waals surface area contributed by atoms with Crippen molar-refractivity contribution in [1.82, 2.24) is 0 Å². The van der Waals surface area contributed by atoms with E-state index in [4.69, 9.17) is 9.47 Å². The number of esters is 1. The van der Waals surface area contributed by atoms with E-state index in [1.807, 2.05) is 20.8 Å². The minimum atomic E-state index is -2.30. The van der Waals surface area contributed by atoms with Crippen molar-refractivity contribution in [3.8, 4) is 0 Å². The molecule has 10 unspecified atom stereocenters. The Kier molecular flexibility index (Phi) is 6.76. The van der Waals surface area contributed by atoms with Gasteiger partial charge in [0.1, 0.15) is 17.3 Å². The van der Waals surface area contributed by atoms with Crippen LogP contribution < -0.4 is 0 Å². The normalized spacial score (nSPS) is 47.7. The summed E-state index contributed by atoms with van der Waals surface area (Å²) in [5.74, 6) is -3.39. The van der Waals surface area contributed by atoms with Crippen LogP contribution in [-0.4, -0.2) is 73.4 Å². The van der Waals surface area contributed by atoms with Gasteiger partial charge in [-0.3, -0.25) is 9.59 Å². The van der Waals surface area contributed by atoms with Crippen LogP contribution in [0.1, 0.15) is 92.4 Å². The molecule has 0 aromatic rings. The number of rotatable bonds is 10. The minimum absolute atomic E-state index is 0.242. The Morgan fingerprint density at radius 1 is 1.13 bits per heavy atom. The maximum atomic E-state index is 13.2. The number of carbonyl (C=O) groups excluding carboxylic acids is 2. The van der Waals surface area contributed by atoms with Gasteiger partial charge in [-0.05, 0) is 31.3 Å². The molecular weight excluding hydrogens is 488 g/mol. The van der Waals surface area contributed by atoms with Gasteiger partial charge in [0.2, 0.25) is 0 Å². The van der Waals surface area contributed by atoms with Crippen LogP contribution >= 0.6 is 0 Å². The number of unbranched alkanes of at least 4 members (excludes halogenated alkanes) is 6. The molecule has 8 heteroatoms. The molecule has 4 fully saturated rings. The lowest BCUT2D eigenvalue weighted by molar-refractivity contribution is -0.215. The molecule has 8 nitrogen and oxygen atoms in total. The number of hydrogen-bond donors (Lipinski definition) is 4. The smallest absolute Gasteiger partial charge is 0.306 e. The predicted octanol–water partition coefficient (Wildman–Crippen LogP) is 2.83. The van der Waals surface area contributed by atoms with Gasteiger partial charge in [-0.15, -0.1) is 0 Å². The number of ketones is 1. The average Bonchev–Trinajstić information content (AvgIpc) is 3.68. The number of Topliss-reactive ketones (excluding diaryl/α,β-unsaturated/α-hetero) is 1. The summed E-state index contributed by atoms with van der Waals surface area (Å²) in [5, 5.41) is 46.0. The molecule has 0 aromatic heterocycles. The second-order valence-corrected chi connectivity index (χ2v) is 13.5. The number of hydrogen-bond acceptors (Lipinski definition) is 8. The largest absolute Gasteiger partial charge is 0.458 e. The van der Waals surface area contributed by atoms with Crippen molar-refractivity contribution >= 4 is 11.8 Å². The van der Waals surface area contributed by atoms with Crippen LogP contribution in [0.4, 0.5) is 0 Å². The fraction of sp³-hybridized carbons (Fsp3) is 0.867. The van der Waals surface area contributed by atoms with Crippen LogP contribution in [0.5, 0.6) is 0 Å². The maximum Gasteiger partial charge on any atom is 0.306 e. The Morgan fingerprint density at radius 2 is 1.76 bits per heavy atom. The zero-order valence-corrected chi connectivity index (χ0v) is 23.5. The number of aliphatic hydroxyl groups excluding tert-OH is 2. The fourth-order valence-corrected chi connectivity index (χ4v) is 8.92. The van der Waals surface area contributed by atoms with Crippen molar-refractivity contribution in [1.29, 1.82) is 0 Å². The zero-order chi connectivity index (χ0) is 27.9. The predicted molar refractivity (Wildman–Crippen MR) is 139 cm³/mol. The van der Waals surface area contributed by atoms with Gasteiger partial charge in [0.15, 0.2) is 11.4 Å². The summed E-state index contributed by atoms with van der Waals surface area (Å²) in [6, 6.07) is 0. The molecule has 0 radical (unpaired) electrons. The Balaban J connectivity index is 1.40. The van der Waals surface area contributed by atoms with Gasteiger partial charge in [-0.2, -0.15) is 0 Å². The van der Waals surface area contributed by atoms with Crippen molar-refractivity contribution < 1.29 is 39.5 Å². The van der Waals surface area contributed by atoms with Gasteiger partial charge in [0, 0.05) is 29.6 Å². The van der Waals surface area contributed by atoms with Gasteiger partial charge in [-0.25, -0.2) is 0 Å². The molecule has 38 heavy (non-hydrogen) atoms. The van der Waals surface area contributed by atoms with Crippen molar-refractivity contribution in [2.75, 3.05) is 6.61 Å². The number of fused-ring (bicyclic) bond motifs is 7. The molecule has 10 atom stereocenters. The minimum Gasteiger partial charge on any atom is -0.458 e. The summed E-state index contributed by atoms with van der Waals surface area (Å²) in [4.78, 5) is 26.3.